The first kappa shape index (κ1) is 51.1. The van der Waals surface area contributed by atoms with Gasteiger partial charge in [0.1, 0.15) is 0 Å². The largest absolute Gasteiger partial charge is 0.394 e. The highest BCUT2D eigenvalue weighted by atomic mass is 16.3. The van der Waals surface area contributed by atoms with Gasteiger partial charge in [-0.3, -0.25) is 4.79 Å². The third kappa shape index (κ3) is 40.3. The molecule has 0 aliphatic carbocycles. The number of unbranched alkanes of at least 4 members (excludes halogenated alkanes) is 37. The molecule has 0 radical (unpaired) electrons. The van der Waals surface area contributed by atoms with Gasteiger partial charge in [0.25, 0.3) is 0 Å². The lowest BCUT2D eigenvalue weighted by Gasteiger charge is -2.20. The highest BCUT2D eigenvalue weighted by Gasteiger charge is 2.18. The summed E-state index contributed by atoms with van der Waals surface area (Å²) in [5, 5.41) is 23.1. The minimum atomic E-state index is -0.834. The number of nitrogens with one attached hydrogen (secondary N) is 1. The normalized spacial score (nSPS) is 12.9. The number of allylic oxidation sites excluding steroid dienone is 1. The van der Waals surface area contributed by atoms with Gasteiger partial charge in [-0.25, -0.2) is 0 Å². The Morgan fingerprint density at radius 3 is 1.00 bits per heavy atom. The number of aliphatic hydroxyl groups excluding tert-OH is 2. The Morgan fingerprint density at radius 2 is 0.712 bits per heavy atom. The predicted molar refractivity (Wildman–Crippen MR) is 230 cm³/mol. The molecule has 0 heterocycles. The van der Waals surface area contributed by atoms with Gasteiger partial charge in [-0.05, 0) is 19.3 Å². The zero-order valence-electron chi connectivity index (χ0n) is 35.6. The van der Waals surface area contributed by atoms with Gasteiger partial charge in [-0.15, -0.1) is 0 Å². The van der Waals surface area contributed by atoms with Crippen molar-refractivity contribution in [2.24, 2.45) is 0 Å². The second-order valence-corrected chi connectivity index (χ2v) is 16.5. The molecular formula is C48H95NO3. The van der Waals surface area contributed by atoms with Crippen molar-refractivity contribution in [3.63, 3.8) is 0 Å². The molecule has 2 unspecified atom stereocenters. The van der Waals surface area contributed by atoms with Gasteiger partial charge >= 0.3 is 0 Å². The average Bonchev–Trinajstić information content (AvgIpc) is 3.15. The first-order valence-electron chi connectivity index (χ1n) is 23.9. The van der Waals surface area contributed by atoms with Crippen LogP contribution in [0.1, 0.15) is 271 Å². The second-order valence-electron chi connectivity index (χ2n) is 16.5. The standard InChI is InChI=1S/C48H95NO3/c1-3-5-7-9-11-13-15-17-19-21-23-24-25-26-27-29-31-33-35-37-39-41-43-47(51)46(45-50)49-48(52)44-42-40-38-36-34-32-30-28-22-20-18-16-14-12-10-8-6-4-2/h41,43,46-47,50-51H,3-40,42,44-45H2,1-2H3,(H,49,52)/b43-41+. The van der Waals surface area contributed by atoms with E-state index in [4.69, 9.17) is 0 Å². The molecule has 0 aliphatic rings. The van der Waals surface area contributed by atoms with Crippen LogP contribution in [-0.2, 0) is 4.79 Å². The molecule has 0 fully saturated rings. The van der Waals surface area contributed by atoms with Crippen LogP contribution >= 0.6 is 0 Å². The Labute approximate surface area is 327 Å². The molecule has 4 heteroatoms. The van der Waals surface area contributed by atoms with Crippen LogP contribution in [0.2, 0.25) is 0 Å². The fraction of sp³-hybridized carbons (Fsp3) is 0.938. The third-order valence-corrected chi connectivity index (χ3v) is 11.3. The van der Waals surface area contributed by atoms with E-state index in [-0.39, 0.29) is 12.5 Å². The molecule has 4 nitrogen and oxygen atoms in total. The minimum absolute atomic E-state index is 0.0583. The average molecular weight is 734 g/mol. The van der Waals surface area contributed by atoms with Crippen LogP contribution in [0.4, 0.5) is 0 Å². The van der Waals surface area contributed by atoms with Crippen LogP contribution < -0.4 is 5.32 Å². The minimum Gasteiger partial charge on any atom is -0.394 e. The lowest BCUT2D eigenvalue weighted by molar-refractivity contribution is -0.123. The van der Waals surface area contributed by atoms with Gasteiger partial charge in [-0.1, -0.05) is 257 Å². The molecule has 2 atom stereocenters. The molecular weight excluding hydrogens is 639 g/mol. The zero-order valence-corrected chi connectivity index (χ0v) is 35.6. The fourth-order valence-corrected chi connectivity index (χ4v) is 7.59. The maximum absolute atomic E-state index is 12.4. The number of aliphatic hydroxyl groups is 2. The van der Waals surface area contributed by atoms with Crippen molar-refractivity contribution in [1.82, 2.24) is 5.32 Å². The number of hydrogen-bond acceptors (Lipinski definition) is 3. The van der Waals surface area contributed by atoms with E-state index in [1.807, 2.05) is 6.08 Å². The third-order valence-electron chi connectivity index (χ3n) is 11.3. The van der Waals surface area contributed by atoms with Crippen molar-refractivity contribution in [3.8, 4) is 0 Å². The summed E-state index contributed by atoms with van der Waals surface area (Å²) in [5.74, 6) is -0.0583. The van der Waals surface area contributed by atoms with Gasteiger partial charge in [0, 0.05) is 6.42 Å². The lowest BCUT2D eigenvalue weighted by atomic mass is 10.0. The van der Waals surface area contributed by atoms with Crippen molar-refractivity contribution in [2.75, 3.05) is 6.61 Å². The number of amides is 1. The summed E-state index contributed by atoms with van der Waals surface area (Å²) in [5.41, 5.74) is 0. The SMILES string of the molecule is CCCCCCCCCCCCCCCCCCCCCC/C=C/C(O)C(CO)NC(=O)CCCCCCCCCCCCCCCCCCCC. The Kier molecular flexibility index (Phi) is 43.8. The van der Waals surface area contributed by atoms with Crippen LogP contribution in [0.15, 0.2) is 12.2 Å². The molecule has 0 rings (SSSR count). The molecule has 0 aromatic rings. The van der Waals surface area contributed by atoms with Crippen LogP contribution in [0.25, 0.3) is 0 Å². The van der Waals surface area contributed by atoms with E-state index in [2.05, 4.69) is 19.2 Å². The monoisotopic (exact) mass is 734 g/mol. The molecule has 52 heavy (non-hydrogen) atoms. The smallest absolute Gasteiger partial charge is 0.220 e. The molecule has 1 amide bonds. The Balaban J connectivity index is 3.50. The van der Waals surface area contributed by atoms with Crippen molar-refractivity contribution in [1.29, 1.82) is 0 Å². The van der Waals surface area contributed by atoms with E-state index in [1.54, 1.807) is 6.08 Å². The molecule has 0 bridgehead atoms. The van der Waals surface area contributed by atoms with Gasteiger partial charge in [0.05, 0.1) is 18.8 Å². The summed E-state index contributed by atoms with van der Waals surface area (Å²) in [7, 11) is 0. The van der Waals surface area contributed by atoms with Gasteiger partial charge in [-0.2, -0.15) is 0 Å². The van der Waals surface area contributed by atoms with Crippen molar-refractivity contribution >= 4 is 5.91 Å². The molecule has 0 spiro atoms. The van der Waals surface area contributed by atoms with Crippen molar-refractivity contribution < 1.29 is 15.0 Å². The highest BCUT2D eigenvalue weighted by molar-refractivity contribution is 5.76. The van der Waals surface area contributed by atoms with E-state index < -0.39 is 12.1 Å². The number of carbonyl (C=O) groups excluding carboxylic acids is 1. The van der Waals surface area contributed by atoms with Crippen LogP contribution in [0.3, 0.4) is 0 Å². The number of carbonyl (C=O) groups is 1. The lowest BCUT2D eigenvalue weighted by Crippen LogP contribution is -2.45. The molecule has 3 N–H and O–H groups in total. The Morgan fingerprint density at radius 1 is 0.442 bits per heavy atom. The molecule has 0 saturated heterocycles. The molecule has 0 aliphatic heterocycles. The number of hydrogen-bond donors (Lipinski definition) is 3. The van der Waals surface area contributed by atoms with E-state index in [0.29, 0.717) is 6.42 Å². The summed E-state index contributed by atoms with van der Waals surface area (Å²) in [6.45, 7) is 4.34. The quantitative estimate of drug-likeness (QED) is 0.0431. The number of rotatable bonds is 44. The van der Waals surface area contributed by atoms with E-state index >= 15 is 0 Å². The van der Waals surface area contributed by atoms with Crippen molar-refractivity contribution in [3.05, 3.63) is 12.2 Å². The first-order chi connectivity index (χ1) is 25.7. The van der Waals surface area contributed by atoms with Gasteiger partial charge in [0.2, 0.25) is 5.91 Å². The zero-order chi connectivity index (χ0) is 37.8. The van der Waals surface area contributed by atoms with E-state index in [1.165, 1.54) is 225 Å². The molecule has 0 aromatic heterocycles. The molecule has 0 aromatic carbocycles. The van der Waals surface area contributed by atoms with Gasteiger partial charge in [0.15, 0.2) is 0 Å². The summed E-state index contributed by atoms with van der Waals surface area (Å²) in [6, 6.07) is -0.616. The van der Waals surface area contributed by atoms with Gasteiger partial charge < -0.3 is 15.5 Å². The Hall–Kier alpha value is -0.870. The maximum Gasteiger partial charge on any atom is 0.220 e. The van der Waals surface area contributed by atoms with Crippen LogP contribution in [-0.4, -0.2) is 34.9 Å². The topological polar surface area (TPSA) is 69.6 Å². The highest BCUT2D eigenvalue weighted by Crippen LogP contribution is 2.17. The summed E-state index contributed by atoms with van der Waals surface area (Å²) < 4.78 is 0. The summed E-state index contributed by atoms with van der Waals surface area (Å²) in [6.07, 6.45) is 56.2. The summed E-state index contributed by atoms with van der Waals surface area (Å²) >= 11 is 0. The van der Waals surface area contributed by atoms with E-state index in [9.17, 15) is 15.0 Å². The van der Waals surface area contributed by atoms with Crippen molar-refractivity contribution in [2.45, 2.75) is 283 Å². The molecule has 0 saturated carbocycles. The molecule has 310 valence electrons. The van der Waals surface area contributed by atoms with Crippen LogP contribution in [0.5, 0.6) is 0 Å². The van der Waals surface area contributed by atoms with E-state index in [0.717, 1.165) is 25.7 Å². The second kappa shape index (κ2) is 44.5. The Bertz CT molecular complexity index is 710. The first-order valence-corrected chi connectivity index (χ1v) is 23.9. The summed E-state index contributed by atoms with van der Waals surface area (Å²) in [4.78, 5) is 12.4. The fourth-order valence-electron chi connectivity index (χ4n) is 7.59. The predicted octanol–water partition coefficient (Wildman–Crippen LogP) is 15.0. The maximum atomic E-state index is 12.4. The van der Waals surface area contributed by atoms with Crippen LogP contribution in [0, 0.1) is 0 Å².